The van der Waals surface area contributed by atoms with Crippen molar-refractivity contribution in [1.82, 2.24) is 0 Å². The molecule has 0 amide bonds. The Bertz CT molecular complexity index is 2560. The summed E-state index contributed by atoms with van der Waals surface area (Å²) >= 11 is 0. The van der Waals surface area contributed by atoms with Gasteiger partial charge in [-0.25, -0.2) is 0 Å². The Morgan fingerprint density at radius 1 is 0.348 bits per heavy atom. The fraction of sp³-hybridized carbons (Fsp3) is 0. The second-order valence-electron chi connectivity index (χ2n) is 12.5. The maximum atomic E-state index is 6.74. The number of nitrogens with zero attached hydrogens (tertiary/aromatic N) is 2. The first kappa shape index (κ1) is 24.3. The molecule has 0 spiro atoms. The largest absolute Gasteiger partial charge is 0.458 e. The third kappa shape index (κ3) is 3.03. The quantitative estimate of drug-likeness (QED) is 0.149. The van der Waals surface area contributed by atoms with E-state index in [0.29, 0.717) is 0 Å². The van der Waals surface area contributed by atoms with Gasteiger partial charge in [-0.05, 0) is 109 Å². The number of ether oxygens (including phenoxy) is 1. The van der Waals surface area contributed by atoms with Crippen molar-refractivity contribution in [2.75, 3.05) is 9.80 Å². The van der Waals surface area contributed by atoms with Crippen molar-refractivity contribution in [2.24, 2.45) is 0 Å². The zero-order valence-electron chi connectivity index (χ0n) is 24.8. The molecule has 8 aromatic carbocycles. The van der Waals surface area contributed by atoms with Crippen LogP contribution in [0.25, 0.3) is 32.3 Å². The molecule has 3 aliphatic heterocycles. The van der Waals surface area contributed by atoms with Gasteiger partial charge in [0.2, 0.25) is 0 Å². The van der Waals surface area contributed by atoms with Crippen LogP contribution in [-0.4, -0.2) is 6.71 Å². The Kier molecular flexibility index (Phi) is 4.66. The van der Waals surface area contributed by atoms with Crippen molar-refractivity contribution in [3.63, 3.8) is 0 Å². The average Bonchev–Trinajstić information content (AvgIpc) is 3.12. The van der Waals surface area contributed by atoms with Gasteiger partial charge >= 0.3 is 0 Å². The van der Waals surface area contributed by atoms with Gasteiger partial charge in [0.15, 0.2) is 0 Å². The van der Waals surface area contributed by atoms with Crippen LogP contribution >= 0.6 is 0 Å². The molecule has 46 heavy (non-hydrogen) atoms. The van der Waals surface area contributed by atoms with Crippen LogP contribution in [0.5, 0.6) is 11.5 Å². The molecule has 0 radical (unpaired) electrons. The van der Waals surface area contributed by atoms with E-state index in [-0.39, 0.29) is 6.71 Å². The Balaban J connectivity index is 1.23. The van der Waals surface area contributed by atoms with Gasteiger partial charge in [-0.1, -0.05) is 91.0 Å². The molecule has 0 atom stereocenters. The predicted octanol–water partition coefficient (Wildman–Crippen LogP) is 9.33. The molecule has 212 valence electrons. The van der Waals surface area contributed by atoms with Gasteiger partial charge in [-0.15, -0.1) is 0 Å². The van der Waals surface area contributed by atoms with Gasteiger partial charge < -0.3 is 14.5 Å². The number of benzene rings is 8. The monoisotopic (exact) mass is 584 g/mol. The van der Waals surface area contributed by atoms with E-state index in [0.717, 1.165) is 22.9 Å². The Hall–Kier alpha value is -6.00. The van der Waals surface area contributed by atoms with E-state index in [1.165, 1.54) is 71.5 Å². The molecular formula is C42H25BN2O. The van der Waals surface area contributed by atoms with Gasteiger partial charge in [-0.2, -0.15) is 0 Å². The topological polar surface area (TPSA) is 15.7 Å². The number of rotatable bonds is 2. The molecule has 0 N–H and O–H groups in total. The highest BCUT2D eigenvalue weighted by Gasteiger charge is 2.48. The summed E-state index contributed by atoms with van der Waals surface area (Å²) in [6.45, 7) is 0.0822. The van der Waals surface area contributed by atoms with E-state index in [2.05, 4.69) is 161 Å². The molecular weight excluding hydrogens is 559 g/mol. The molecule has 0 aliphatic carbocycles. The van der Waals surface area contributed by atoms with Crippen molar-refractivity contribution in [3.8, 4) is 11.5 Å². The molecule has 3 aliphatic rings. The minimum atomic E-state index is 0.0822. The second kappa shape index (κ2) is 8.80. The van der Waals surface area contributed by atoms with Crippen molar-refractivity contribution in [3.05, 3.63) is 152 Å². The molecule has 0 unspecified atom stereocenters. The maximum Gasteiger partial charge on any atom is 0.261 e. The molecule has 4 heteroatoms. The summed E-state index contributed by atoms with van der Waals surface area (Å²) in [5.74, 6) is 1.87. The van der Waals surface area contributed by atoms with Crippen LogP contribution in [0.4, 0.5) is 34.1 Å². The standard InChI is InChI=1S/C42H25BN2O/c1-2-11-26(12-3-1)44-34-17-8-18-35-40(34)43-41-36(44)19-9-21-38(41)46-39-22-10-20-37(42(39)43)45(35)27-23-24-32-30-15-5-4-13-28(30)29-14-6-7-16-31(29)33(32)25-27/h1-25H. The number of para-hydroxylation sites is 1. The normalized spacial score (nSPS) is 13.7. The summed E-state index contributed by atoms with van der Waals surface area (Å²) in [7, 11) is 0. The van der Waals surface area contributed by atoms with Crippen LogP contribution in [0.3, 0.4) is 0 Å². The van der Waals surface area contributed by atoms with E-state index in [1.807, 2.05) is 0 Å². The highest BCUT2D eigenvalue weighted by molar-refractivity contribution is 7.01. The van der Waals surface area contributed by atoms with Crippen molar-refractivity contribution in [1.29, 1.82) is 0 Å². The Morgan fingerprint density at radius 3 is 1.39 bits per heavy atom. The second-order valence-corrected chi connectivity index (χ2v) is 12.5. The Labute approximate surface area is 266 Å². The minimum absolute atomic E-state index is 0.0822. The summed E-state index contributed by atoms with van der Waals surface area (Å²) < 4.78 is 6.74. The van der Waals surface area contributed by atoms with E-state index >= 15 is 0 Å². The minimum Gasteiger partial charge on any atom is -0.458 e. The van der Waals surface area contributed by atoms with Crippen LogP contribution in [0.1, 0.15) is 0 Å². The summed E-state index contributed by atoms with van der Waals surface area (Å²) in [6, 6.07) is 55.1. The van der Waals surface area contributed by atoms with Crippen LogP contribution in [0, 0.1) is 0 Å². The molecule has 3 heterocycles. The molecule has 0 bridgehead atoms. The zero-order valence-corrected chi connectivity index (χ0v) is 24.8. The average molecular weight is 584 g/mol. The summed E-state index contributed by atoms with van der Waals surface area (Å²) in [4.78, 5) is 4.87. The highest BCUT2D eigenvalue weighted by Crippen LogP contribution is 2.48. The highest BCUT2D eigenvalue weighted by atomic mass is 16.5. The van der Waals surface area contributed by atoms with Crippen molar-refractivity contribution < 1.29 is 4.74 Å². The zero-order chi connectivity index (χ0) is 29.9. The first-order chi connectivity index (χ1) is 22.8. The summed E-state index contributed by atoms with van der Waals surface area (Å²) in [6.07, 6.45) is 0. The van der Waals surface area contributed by atoms with Crippen LogP contribution in [0.15, 0.2) is 152 Å². The van der Waals surface area contributed by atoms with Gasteiger partial charge in [0.1, 0.15) is 11.5 Å². The van der Waals surface area contributed by atoms with Crippen LogP contribution < -0.4 is 30.9 Å². The molecule has 11 rings (SSSR count). The lowest BCUT2D eigenvalue weighted by atomic mass is 9.32. The summed E-state index contributed by atoms with van der Waals surface area (Å²) in [5.41, 5.74) is 10.8. The molecule has 0 saturated heterocycles. The third-order valence-electron chi connectivity index (χ3n) is 10.2. The van der Waals surface area contributed by atoms with Crippen LogP contribution in [0.2, 0.25) is 0 Å². The van der Waals surface area contributed by atoms with Crippen molar-refractivity contribution in [2.45, 2.75) is 0 Å². The van der Waals surface area contributed by atoms with E-state index in [9.17, 15) is 0 Å². The molecule has 3 nitrogen and oxygen atoms in total. The molecule has 0 saturated carbocycles. The fourth-order valence-corrected chi connectivity index (χ4v) is 8.42. The van der Waals surface area contributed by atoms with Crippen molar-refractivity contribution >= 4 is 89.5 Å². The fourth-order valence-electron chi connectivity index (χ4n) is 8.42. The number of hydrogen-bond donors (Lipinski definition) is 0. The lowest BCUT2D eigenvalue weighted by molar-refractivity contribution is 0.487. The lowest BCUT2D eigenvalue weighted by Gasteiger charge is -2.46. The van der Waals surface area contributed by atoms with Gasteiger partial charge in [-0.3, -0.25) is 0 Å². The van der Waals surface area contributed by atoms with Gasteiger partial charge in [0, 0.05) is 34.1 Å². The van der Waals surface area contributed by atoms with Crippen LogP contribution in [-0.2, 0) is 0 Å². The lowest BCUT2D eigenvalue weighted by Crippen LogP contribution is -2.63. The van der Waals surface area contributed by atoms with E-state index in [1.54, 1.807) is 0 Å². The molecule has 0 fully saturated rings. The number of hydrogen-bond acceptors (Lipinski definition) is 3. The van der Waals surface area contributed by atoms with E-state index < -0.39 is 0 Å². The number of fused-ring (bicyclic) bond motifs is 6. The summed E-state index contributed by atoms with van der Waals surface area (Å²) in [5, 5.41) is 7.67. The van der Waals surface area contributed by atoms with E-state index in [4.69, 9.17) is 4.74 Å². The predicted molar refractivity (Wildman–Crippen MR) is 193 cm³/mol. The van der Waals surface area contributed by atoms with Gasteiger partial charge in [0.25, 0.3) is 6.71 Å². The maximum absolute atomic E-state index is 6.74. The van der Waals surface area contributed by atoms with Gasteiger partial charge in [0.05, 0.1) is 0 Å². The first-order valence-electron chi connectivity index (χ1n) is 15.9. The molecule has 0 aromatic heterocycles. The third-order valence-corrected chi connectivity index (χ3v) is 10.2. The number of anilines is 6. The first-order valence-corrected chi connectivity index (χ1v) is 15.9. The Morgan fingerprint density at radius 2 is 0.804 bits per heavy atom. The molecule has 8 aromatic rings. The smallest absolute Gasteiger partial charge is 0.261 e. The SMILES string of the molecule is c1ccc(N2c3cccc4c3B3c5c(cccc5N(c5ccc6c7ccccc7c7ccccc7c6c5)c5cccc2c53)O4)cc1.